The molecule has 0 aliphatic heterocycles. The van der Waals surface area contributed by atoms with Crippen molar-refractivity contribution in [2.45, 2.75) is 51.9 Å². The van der Waals surface area contributed by atoms with E-state index in [9.17, 15) is 0 Å². The topological polar surface area (TPSA) is 0 Å². The SMILES string of the molecule is C=CC=CCCCCCCCC.[Pt+2].[c-]1ccccc1.[c-]1ccccc1. The average molecular weight is 516 g/mol. The maximum Gasteiger partial charge on any atom is 2.00 e. The summed E-state index contributed by atoms with van der Waals surface area (Å²) in [6, 6.07) is 25.0. The van der Waals surface area contributed by atoms with Gasteiger partial charge in [0, 0.05) is 0 Å². The molecular weight excluding hydrogens is 483 g/mol. The number of rotatable bonds is 8. The van der Waals surface area contributed by atoms with Crippen LogP contribution in [0.3, 0.4) is 0 Å². The Morgan fingerprint density at radius 2 is 1.20 bits per heavy atom. The Bertz CT molecular complexity index is 377. The molecule has 0 saturated heterocycles. The van der Waals surface area contributed by atoms with E-state index < -0.39 is 0 Å². The van der Waals surface area contributed by atoms with Gasteiger partial charge in [0.05, 0.1) is 0 Å². The molecule has 0 nitrogen and oxygen atoms in total. The zero-order valence-electron chi connectivity index (χ0n) is 15.5. The van der Waals surface area contributed by atoms with E-state index in [1.807, 2.05) is 72.8 Å². The molecule has 0 spiro atoms. The van der Waals surface area contributed by atoms with E-state index in [1.165, 1.54) is 44.9 Å². The number of hydrogen-bond acceptors (Lipinski definition) is 0. The summed E-state index contributed by atoms with van der Waals surface area (Å²) in [5, 5.41) is 0. The molecule has 0 unspecified atom stereocenters. The summed E-state index contributed by atoms with van der Waals surface area (Å²) in [6.07, 6.45) is 15.6. The molecule has 0 aliphatic carbocycles. The van der Waals surface area contributed by atoms with Crippen LogP contribution in [0.15, 0.2) is 85.5 Å². The van der Waals surface area contributed by atoms with Crippen molar-refractivity contribution in [3.8, 4) is 0 Å². The van der Waals surface area contributed by atoms with Crippen LogP contribution in [-0.2, 0) is 21.1 Å². The Kier molecular flexibility index (Phi) is 25.7. The first-order valence-electron chi connectivity index (χ1n) is 9.01. The van der Waals surface area contributed by atoms with E-state index in [4.69, 9.17) is 0 Å². The molecule has 2 rings (SSSR count). The first-order chi connectivity index (χ1) is 11.9. The van der Waals surface area contributed by atoms with Crippen LogP contribution in [0.4, 0.5) is 0 Å². The molecule has 0 bridgehead atoms. The molecule has 25 heavy (non-hydrogen) atoms. The van der Waals surface area contributed by atoms with Gasteiger partial charge in [0.25, 0.3) is 0 Å². The second-order valence-electron chi connectivity index (χ2n) is 5.37. The minimum atomic E-state index is 0. The van der Waals surface area contributed by atoms with Gasteiger partial charge in [-0.05, 0) is 12.8 Å². The van der Waals surface area contributed by atoms with Crippen molar-refractivity contribution in [1.82, 2.24) is 0 Å². The fourth-order valence-corrected chi connectivity index (χ4v) is 1.92. The van der Waals surface area contributed by atoms with Gasteiger partial charge in [-0.2, -0.15) is 72.8 Å². The fourth-order valence-electron chi connectivity index (χ4n) is 1.92. The zero-order chi connectivity index (χ0) is 17.6. The summed E-state index contributed by atoms with van der Waals surface area (Å²) in [5.41, 5.74) is 0. The van der Waals surface area contributed by atoms with Crippen molar-refractivity contribution < 1.29 is 21.1 Å². The van der Waals surface area contributed by atoms with Gasteiger partial charge in [-0.1, -0.05) is 63.8 Å². The van der Waals surface area contributed by atoms with Crippen LogP contribution in [0.25, 0.3) is 0 Å². The minimum absolute atomic E-state index is 0. The molecule has 0 radical (unpaired) electrons. The van der Waals surface area contributed by atoms with Crippen LogP contribution in [0.1, 0.15) is 51.9 Å². The molecule has 2 aromatic carbocycles. The van der Waals surface area contributed by atoms with Gasteiger partial charge in [-0.25, -0.2) is 0 Å². The van der Waals surface area contributed by atoms with Crippen LogP contribution in [0, 0.1) is 12.1 Å². The number of hydrogen-bond donors (Lipinski definition) is 0. The quantitative estimate of drug-likeness (QED) is 0.195. The molecule has 0 aliphatic rings. The molecule has 0 fully saturated rings. The van der Waals surface area contributed by atoms with Crippen molar-refractivity contribution in [2.24, 2.45) is 0 Å². The molecule has 0 aromatic heterocycles. The molecule has 0 saturated carbocycles. The Labute approximate surface area is 170 Å². The number of allylic oxidation sites excluding steroid dienone is 3. The first-order valence-corrected chi connectivity index (χ1v) is 9.01. The first kappa shape index (κ1) is 25.8. The van der Waals surface area contributed by atoms with Crippen molar-refractivity contribution in [3.05, 3.63) is 97.6 Å². The van der Waals surface area contributed by atoms with Crippen molar-refractivity contribution >= 4 is 0 Å². The summed E-state index contributed by atoms with van der Waals surface area (Å²) in [6.45, 7) is 5.89. The van der Waals surface area contributed by atoms with E-state index in [2.05, 4.69) is 31.7 Å². The standard InChI is InChI=1S/C12H22.2C6H5.Pt/c1-3-5-7-9-11-12-10-8-6-4-2;2*1-2-4-6-5-3-1;/h3,5,7H,1,4,6,8-12H2,2H3;2*1-5H;/q;2*-1;+2. The average Bonchev–Trinajstić information content (AvgIpc) is 2.68. The molecule has 1 heteroatoms. The minimum Gasteiger partial charge on any atom is -0.184 e. The summed E-state index contributed by atoms with van der Waals surface area (Å²) in [5.74, 6) is 0. The van der Waals surface area contributed by atoms with Crippen LogP contribution in [-0.4, -0.2) is 0 Å². The van der Waals surface area contributed by atoms with Gasteiger partial charge in [-0.15, -0.1) is 0 Å². The maximum atomic E-state index is 3.63. The summed E-state index contributed by atoms with van der Waals surface area (Å²) < 4.78 is 0. The van der Waals surface area contributed by atoms with Gasteiger partial charge < -0.3 is 0 Å². The maximum absolute atomic E-state index is 3.63. The van der Waals surface area contributed by atoms with Gasteiger partial charge in [0.15, 0.2) is 0 Å². The second kappa shape index (κ2) is 24.9. The van der Waals surface area contributed by atoms with Crippen LogP contribution in [0.5, 0.6) is 0 Å². The van der Waals surface area contributed by atoms with E-state index in [-0.39, 0.29) is 21.1 Å². The monoisotopic (exact) mass is 515 g/mol. The number of benzene rings is 2. The Morgan fingerprint density at radius 3 is 1.56 bits per heavy atom. The third kappa shape index (κ3) is 25.0. The van der Waals surface area contributed by atoms with Gasteiger partial charge in [0.2, 0.25) is 0 Å². The molecule has 0 amide bonds. The molecule has 0 atom stereocenters. The summed E-state index contributed by atoms with van der Waals surface area (Å²) in [4.78, 5) is 0. The van der Waals surface area contributed by atoms with Crippen molar-refractivity contribution in [2.75, 3.05) is 0 Å². The van der Waals surface area contributed by atoms with Crippen molar-refractivity contribution in [3.63, 3.8) is 0 Å². The normalized spacial score (nSPS) is 9.00. The fraction of sp³-hybridized carbons (Fsp3) is 0.333. The summed E-state index contributed by atoms with van der Waals surface area (Å²) in [7, 11) is 0. The molecule has 138 valence electrons. The number of unbranched alkanes of at least 4 members (excludes halogenated alkanes) is 6. The predicted octanol–water partition coefficient (Wildman–Crippen LogP) is 7.45. The van der Waals surface area contributed by atoms with E-state index in [1.54, 1.807) is 0 Å². The zero-order valence-corrected chi connectivity index (χ0v) is 17.8. The second-order valence-corrected chi connectivity index (χ2v) is 5.37. The van der Waals surface area contributed by atoms with E-state index in [0.717, 1.165) is 0 Å². The molecule has 2 aromatic rings. The third-order valence-electron chi connectivity index (χ3n) is 3.21. The predicted molar refractivity (Wildman–Crippen MR) is 108 cm³/mol. The third-order valence-corrected chi connectivity index (χ3v) is 3.21. The van der Waals surface area contributed by atoms with E-state index >= 15 is 0 Å². The Morgan fingerprint density at radius 1 is 0.720 bits per heavy atom. The van der Waals surface area contributed by atoms with E-state index in [0.29, 0.717) is 0 Å². The smallest absolute Gasteiger partial charge is 0.184 e. The Balaban J connectivity index is 0. The molecular formula is C24H32Pt. The molecule has 0 N–H and O–H groups in total. The summed E-state index contributed by atoms with van der Waals surface area (Å²) >= 11 is 0. The van der Waals surface area contributed by atoms with Gasteiger partial charge in [-0.3, -0.25) is 0 Å². The van der Waals surface area contributed by atoms with Gasteiger partial charge in [0.1, 0.15) is 0 Å². The van der Waals surface area contributed by atoms with Crippen molar-refractivity contribution in [1.29, 1.82) is 0 Å². The Hall–Kier alpha value is -1.39. The van der Waals surface area contributed by atoms with Gasteiger partial charge >= 0.3 is 21.1 Å². The molecule has 0 heterocycles. The van der Waals surface area contributed by atoms with Crippen LogP contribution < -0.4 is 0 Å². The van der Waals surface area contributed by atoms with Crippen LogP contribution in [0.2, 0.25) is 0 Å². The van der Waals surface area contributed by atoms with Crippen LogP contribution >= 0.6 is 0 Å². The largest absolute Gasteiger partial charge is 2.00 e.